The number of benzene rings is 1. The van der Waals surface area contributed by atoms with Crippen molar-refractivity contribution in [2.75, 3.05) is 19.7 Å². The highest BCUT2D eigenvalue weighted by Gasteiger charge is 2.38. The van der Waals surface area contributed by atoms with E-state index in [0.29, 0.717) is 12.8 Å². The van der Waals surface area contributed by atoms with Crippen molar-refractivity contribution in [2.45, 2.75) is 56.3 Å². The van der Waals surface area contributed by atoms with Gasteiger partial charge in [0.2, 0.25) is 23.6 Å². The van der Waals surface area contributed by atoms with Gasteiger partial charge in [0.1, 0.15) is 18.1 Å². The number of aliphatic carboxylic acids is 2. The monoisotopic (exact) mass is 574 g/mol. The van der Waals surface area contributed by atoms with E-state index < -0.39 is 72.9 Å². The Balaban J connectivity index is 1.74. The topological polar surface area (TPSA) is 244 Å². The summed E-state index contributed by atoms with van der Waals surface area (Å²) in [7, 11) is 0. The van der Waals surface area contributed by atoms with Crippen LogP contribution in [0.1, 0.15) is 31.2 Å². The molecule has 4 unspecified atom stereocenters. The Labute approximate surface area is 234 Å². The zero-order chi connectivity index (χ0) is 30.1. The molecule has 15 heteroatoms. The fourth-order valence-electron chi connectivity index (χ4n) is 4.63. The van der Waals surface area contributed by atoms with Gasteiger partial charge in [-0.25, -0.2) is 4.79 Å². The second kappa shape index (κ2) is 14.2. The van der Waals surface area contributed by atoms with Gasteiger partial charge in [0.15, 0.2) is 0 Å². The first-order chi connectivity index (χ1) is 19.5. The predicted molar refractivity (Wildman–Crippen MR) is 143 cm³/mol. The number of nitrogens with one attached hydrogen (secondary N) is 4. The number of amides is 4. The molecular formula is C26H34N6O9. The van der Waals surface area contributed by atoms with E-state index in [2.05, 4.69) is 20.9 Å². The van der Waals surface area contributed by atoms with E-state index in [1.165, 1.54) is 4.90 Å². The predicted octanol–water partition coefficient (Wildman–Crippen LogP) is -1.94. The summed E-state index contributed by atoms with van der Waals surface area (Å²) in [4.78, 5) is 77.9. The molecule has 222 valence electrons. The number of rotatable bonds is 14. The number of hydrogen-bond donors (Lipinski definition) is 8. The van der Waals surface area contributed by atoms with Gasteiger partial charge in [-0.15, -0.1) is 0 Å². The van der Waals surface area contributed by atoms with Crippen LogP contribution in [0.4, 0.5) is 0 Å². The molecule has 4 atom stereocenters. The van der Waals surface area contributed by atoms with Crippen LogP contribution in [-0.4, -0.2) is 105 Å². The Morgan fingerprint density at radius 2 is 1.80 bits per heavy atom. The lowest BCUT2D eigenvalue weighted by Gasteiger charge is -2.29. The van der Waals surface area contributed by atoms with E-state index in [1.54, 1.807) is 6.20 Å². The van der Waals surface area contributed by atoms with Crippen molar-refractivity contribution in [3.63, 3.8) is 0 Å². The number of nitrogens with two attached hydrogens (primary N) is 1. The van der Waals surface area contributed by atoms with Crippen molar-refractivity contribution in [3.8, 4) is 0 Å². The normalized spacial score (nSPS) is 16.9. The average molecular weight is 575 g/mol. The molecule has 0 spiro atoms. The van der Waals surface area contributed by atoms with Crippen LogP contribution in [0.2, 0.25) is 0 Å². The molecule has 4 amide bonds. The van der Waals surface area contributed by atoms with Crippen LogP contribution in [0.5, 0.6) is 0 Å². The van der Waals surface area contributed by atoms with Crippen LogP contribution in [0.15, 0.2) is 30.5 Å². The van der Waals surface area contributed by atoms with Crippen molar-refractivity contribution < 1.29 is 44.1 Å². The summed E-state index contributed by atoms with van der Waals surface area (Å²) in [6, 6.07) is 2.59. The molecule has 0 radical (unpaired) electrons. The van der Waals surface area contributed by atoms with Gasteiger partial charge in [-0.2, -0.15) is 0 Å². The lowest BCUT2D eigenvalue weighted by atomic mass is 10.0. The maximum Gasteiger partial charge on any atom is 0.328 e. The minimum absolute atomic E-state index is 0.0607. The van der Waals surface area contributed by atoms with Crippen LogP contribution in [0, 0.1) is 0 Å². The minimum atomic E-state index is -1.53. The maximum atomic E-state index is 13.8. The average Bonchev–Trinajstić information content (AvgIpc) is 3.60. The number of nitrogens with zero attached hydrogens (tertiary/aromatic N) is 1. The van der Waals surface area contributed by atoms with E-state index in [4.69, 9.17) is 21.1 Å². The molecule has 1 aliphatic heterocycles. The van der Waals surface area contributed by atoms with E-state index in [1.807, 2.05) is 24.3 Å². The molecule has 2 heterocycles. The van der Waals surface area contributed by atoms with Gasteiger partial charge in [-0.3, -0.25) is 24.0 Å². The van der Waals surface area contributed by atoms with Gasteiger partial charge < -0.3 is 46.9 Å². The van der Waals surface area contributed by atoms with Crippen LogP contribution in [0.25, 0.3) is 10.9 Å². The number of aromatic amines is 1. The van der Waals surface area contributed by atoms with E-state index in [9.17, 15) is 28.8 Å². The summed E-state index contributed by atoms with van der Waals surface area (Å²) in [6.07, 6.45) is 2.08. The SMILES string of the molecule is NC(CCC(=O)O)C(=O)NC(Cc1c[nH]c2ccccc12)C(=O)N1CCCC1C(=O)NCC(=O)NC(CO)C(=O)O. The minimum Gasteiger partial charge on any atom is -0.481 e. The third kappa shape index (κ3) is 8.25. The lowest BCUT2D eigenvalue weighted by Crippen LogP contribution is -2.57. The smallest absolute Gasteiger partial charge is 0.328 e. The summed E-state index contributed by atoms with van der Waals surface area (Å²) < 4.78 is 0. The van der Waals surface area contributed by atoms with Gasteiger partial charge >= 0.3 is 11.9 Å². The Hall–Kier alpha value is -4.50. The number of hydrogen-bond acceptors (Lipinski definition) is 8. The van der Waals surface area contributed by atoms with Gasteiger partial charge in [0.25, 0.3) is 0 Å². The van der Waals surface area contributed by atoms with Gasteiger partial charge in [-0.05, 0) is 30.9 Å². The first-order valence-electron chi connectivity index (χ1n) is 13.1. The fourth-order valence-corrected chi connectivity index (χ4v) is 4.63. The number of H-pyrrole nitrogens is 1. The summed E-state index contributed by atoms with van der Waals surface area (Å²) >= 11 is 0. The molecular weight excluding hydrogens is 540 g/mol. The Morgan fingerprint density at radius 3 is 2.49 bits per heavy atom. The molecule has 1 aromatic heterocycles. The Kier molecular flexibility index (Phi) is 10.8. The second-order valence-corrected chi connectivity index (χ2v) is 9.71. The number of aromatic nitrogens is 1. The highest BCUT2D eigenvalue weighted by Crippen LogP contribution is 2.23. The third-order valence-electron chi connectivity index (χ3n) is 6.80. The number of fused-ring (bicyclic) bond motifs is 1. The summed E-state index contributed by atoms with van der Waals surface area (Å²) in [5.74, 6) is -5.30. The molecule has 1 fully saturated rings. The largest absolute Gasteiger partial charge is 0.481 e. The molecule has 0 saturated carbocycles. The number of para-hydroxylation sites is 1. The van der Waals surface area contributed by atoms with Gasteiger partial charge in [0.05, 0.1) is 19.2 Å². The fraction of sp³-hybridized carbons (Fsp3) is 0.462. The number of likely N-dealkylation sites (tertiary alicyclic amines) is 1. The van der Waals surface area contributed by atoms with E-state index >= 15 is 0 Å². The molecule has 1 aromatic carbocycles. The molecule has 15 nitrogen and oxygen atoms in total. The number of carbonyl (C=O) groups excluding carboxylic acids is 4. The summed E-state index contributed by atoms with van der Waals surface area (Å²) in [5.41, 5.74) is 7.43. The van der Waals surface area contributed by atoms with E-state index in [0.717, 1.165) is 16.5 Å². The third-order valence-corrected chi connectivity index (χ3v) is 6.80. The van der Waals surface area contributed by atoms with Crippen molar-refractivity contribution in [3.05, 3.63) is 36.0 Å². The zero-order valence-corrected chi connectivity index (χ0v) is 22.2. The first-order valence-corrected chi connectivity index (χ1v) is 13.1. The van der Waals surface area contributed by atoms with Crippen LogP contribution < -0.4 is 21.7 Å². The highest BCUT2D eigenvalue weighted by atomic mass is 16.4. The number of aliphatic hydroxyl groups excluding tert-OH is 1. The zero-order valence-electron chi connectivity index (χ0n) is 22.2. The first kappa shape index (κ1) is 31.0. The second-order valence-electron chi connectivity index (χ2n) is 9.71. The number of carbonyl (C=O) groups is 6. The van der Waals surface area contributed by atoms with Crippen LogP contribution in [-0.2, 0) is 35.2 Å². The van der Waals surface area contributed by atoms with Crippen LogP contribution >= 0.6 is 0 Å². The highest BCUT2D eigenvalue weighted by molar-refractivity contribution is 5.95. The van der Waals surface area contributed by atoms with E-state index in [-0.39, 0.29) is 25.8 Å². The summed E-state index contributed by atoms with van der Waals surface area (Å²) in [6.45, 7) is -1.20. The number of carboxylic acids is 2. The molecule has 9 N–H and O–H groups in total. The van der Waals surface area contributed by atoms with Crippen LogP contribution in [0.3, 0.4) is 0 Å². The maximum absolute atomic E-state index is 13.8. The molecule has 41 heavy (non-hydrogen) atoms. The van der Waals surface area contributed by atoms with Crippen molar-refractivity contribution >= 4 is 46.5 Å². The Morgan fingerprint density at radius 1 is 1.07 bits per heavy atom. The van der Waals surface area contributed by atoms with Crippen molar-refractivity contribution in [1.29, 1.82) is 0 Å². The molecule has 0 aliphatic carbocycles. The number of aliphatic hydroxyl groups is 1. The lowest BCUT2D eigenvalue weighted by molar-refractivity contribution is -0.143. The molecule has 3 rings (SSSR count). The van der Waals surface area contributed by atoms with Gasteiger partial charge in [0, 0.05) is 36.5 Å². The van der Waals surface area contributed by atoms with Crippen molar-refractivity contribution in [2.24, 2.45) is 5.73 Å². The quantitative estimate of drug-likeness (QED) is 0.124. The molecule has 1 aliphatic rings. The van der Waals surface area contributed by atoms with Gasteiger partial charge in [-0.1, -0.05) is 18.2 Å². The summed E-state index contributed by atoms with van der Waals surface area (Å²) in [5, 5.41) is 34.8. The molecule has 1 saturated heterocycles. The standard InChI is InChI=1S/C26H34N6O9/c27-16(7-8-22(35)36)23(37)31-18(10-14-11-28-17-5-2-1-4-15(14)17)25(39)32-9-3-6-20(32)24(38)29-12-21(34)30-19(13-33)26(40)41/h1-2,4-5,11,16,18-20,28,33H,3,6-10,12-13,27H2,(H,29,38)(H,30,34)(H,31,37)(H,35,36)(H,40,41). The van der Waals surface area contributed by atoms with Crippen molar-refractivity contribution in [1.82, 2.24) is 25.8 Å². The molecule has 2 aromatic rings. The molecule has 0 bridgehead atoms. The Bertz CT molecular complexity index is 1300. The number of carboxylic acid groups (broad SMARTS) is 2.